The van der Waals surface area contributed by atoms with Crippen LogP contribution in [0, 0.1) is 0 Å². The van der Waals surface area contributed by atoms with Crippen LogP contribution in [0.5, 0.6) is 0 Å². The number of carbonyl (C=O) groups excluding carboxylic acids is 2. The van der Waals surface area contributed by atoms with Crippen LogP contribution >= 0.6 is 0 Å². The number of nitrogens with two attached hydrogens (primary N) is 1. The van der Waals surface area contributed by atoms with Gasteiger partial charge in [0.15, 0.2) is 0 Å². The van der Waals surface area contributed by atoms with Gasteiger partial charge in [0, 0.05) is 12.0 Å². The molecule has 0 radical (unpaired) electrons. The molecule has 0 aromatic carbocycles. The number of rotatable bonds is 5. The third-order valence-corrected chi connectivity index (χ3v) is 1.11. The van der Waals surface area contributed by atoms with Gasteiger partial charge in [-0.25, -0.2) is 9.59 Å². The van der Waals surface area contributed by atoms with Gasteiger partial charge in [-0.1, -0.05) is 6.58 Å². The van der Waals surface area contributed by atoms with E-state index in [1.54, 1.807) is 6.92 Å². The molecule has 2 N–H and O–H groups in total. The molecule has 5 nitrogen and oxygen atoms in total. The van der Waals surface area contributed by atoms with Crippen LogP contribution < -0.4 is 5.73 Å². The Hall–Kier alpha value is -1.52. The molecule has 0 saturated carbocycles. The highest BCUT2D eigenvalue weighted by atomic mass is 16.6. The van der Waals surface area contributed by atoms with Gasteiger partial charge in [0.1, 0.15) is 0 Å². The summed E-state index contributed by atoms with van der Waals surface area (Å²) in [5.41, 5.74) is 5.04. The van der Waals surface area contributed by atoms with Gasteiger partial charge in [-0.2, -0.15) is 0 Å². The predicted molar refractivity (Wildman–Crippen MR) is 45.9 cm³/mol. The van der Waals surface area contributed by atoms with E-state index >= 15 is 0 Å². The van der Waals surface area contributed by atoms with Crippen molar-refractivity contribution in [3.63, 3.8) is 0 Å². The Bertz CT molecular complexity index is 212. The fourth-order valence-corrected chi connectivity index (χ4v) is 0.520. The zero-order chi connectivity index (χ0) is 10.3. The van der Waals surface area contributed by atoms with Crippen molar-refractivity contribution in [2.45, 2.75) is 13.3 Å². The summed E-state index contributed by atoms with van der Waals surface area (Å²) in [6.45, 7) is 5.31. The molecule has 5 heteroatoms. The predicted octanol–water partition coefficient (Wildman–Crippen LogP) is 0.591. The fraction of sp³-hybridized carbons (Fsp3) is 0.500. The van der Waals surface area contributed by atoms with E-state index in [4.69, 9.17) is 10.5 Å². The quantitative estimate of drug-likeness (QED) is 0.388. The summed E-state index contributed by atoms with van der Waals surface area (Å²) < 4.78 is 9.12. The van der Waals surface area contributed by atoms with E-state index in [0.29, 0.717) is 12.0 Å². The molecule has 0 saturated heterocycles. The minimum Gasteiger partial charge on any atom is -0.462 e. The van der Waals surface area contributed by atoms with Crippen LogP contribution in [0.15, 0.2) is 12.2 Å². The molecule has 0 bridgehead atoms. The minimum absolute atomic E-state index is 0.152. The number of esters is 1. The first-order valence-corrected chi connectivity index (χ1v) is 3.79. The molecule has 0 aromatic heterocycles. The molecule has 0 heterocycles. The van der Waals surface area contributed by atoms with Crippen molar-refractivity contribution in [2.75, 3.05) is 13.2 Å². The average Bonchev–Trinajstić information content (AvgIpc) is 2.02. The van der Waals surface area contributed by atoms with E-state index < -0.39 is 12.1 Å². The highest BCUT2D eigenvalue weighted by Gasteiger charge is 2.02. The van der Waals surface area contributed by atoms with Crippen molar-refractivity contribution < 1.29 is 19.1 Å². The summed E-state index contributed by atoms with van der Waals surface area (Å²) in [4.78, 5) is 20.9. The molecular weight excluding hydrogens is 174 g/mol. The molecule has 0 aliphatic carbocycles. The van der Waals surface area contributed by atoms with Crippen LogP contribution in [0.3, 0.4) is 0 Å². The van der Waals surface area contributed by atoms with Crippen molar-refractivity contribution in [1.29, 1.82) is 0 Å². The van der Waals surface area contributed by atoms with Crippen molar-refractivity contribution in [3.8, 4) is 0 Å². The summed E-state index contributed by atoms with van der Waals surface area (Å²) in [6, 6.07) is 0. The molecule has 0 unspecified atom stereocenters. The Morgan fingerprint density at radius 2 is 1.85 bits per heavy atom. The van der Waals surface area contributed by atoms with E-state index in [2.05, 4.69) is 11.3 Å². The summed E-state index contributed by atoms with van der Waals surface area (Å²) in [5.74, 6) is -0.445. The van der Waals surface area contributed by atoms with Crippen LogP contribution in [-0.2, 0) is 14.3 Å². The molecule has 0 spiro atoms. The van der Waals surface area contributed by atoms with Crippen LogP contribution in [0.2, 0.25) is 0 Å². The minimum atomic E-state index is -0.828. The zero-order valence-corrected chi connectivity index (χ0v) is 7.54. The molecule has 0 atom stereocenters. The van der Waals surface area contributed by atoms with Crippen molar-refractivity contribution in [1.82, 2.24) is 0 Å². The van der Waals surface area contributed by atoms with Gasteiger partial charge >= 0.3 is 12.1 Å². The number of hydrogen-bond donors (Lipinski definition) is 1. The van der Waals surface area contributed by atoms with Gasteiger partial charge in [-0.15, -0.1) is 0 Å². The van der Waals surface area contributed by atoms with Gasteiger partial charge in [0.05, 0.1) is 13.2 Å². The largest absolute Gasteiger partial charge is 0.462 e. The van der Waals surface area contributed by atoms with Gasteiger partial charge < -0.3 is 15.2 Å². The molecule has 0 aliphatic heterocycles. The third-order valence-electron chi connectivity index (χ3n) is 1.11. The first-order valence-electron chi connectivity index (χ1n) is 3.79. The lowest BCUT2D eigenvalue weighted by molar-refractivity contribution is -0.139. The summed E-state index contributed by atoms with van der Waals surface area (Å²) in [7, 11) is 0. The molecule has 13 heavy (non-hydrogen) atoms. The van der Waals surface area contributed by atoms with Crippen LogP contribution in [0.25, 0.3) is 0 Å². The Labute approximate surface area is 76.5 Å². The normalized spacial score (nSPS) is 9.00. The zero-order valence-electron chi connectivity index (χ0n) is 7.54. The number of hydrogen-bond acceptors (Lipinski definition) is 4. The maximum atomic E-state index is 10.8. The molecule has 0 fully saturated rings. The van der Waals surface area contributed by atoms with Gasteiger partial charge in [0.2, 0.25) is 0 Å². The summed E-state index contributed by atoms with van der Waals surface area (Å²) in [6.07, 6.45) is -0.395. The standard InChI is InChI=1S/C8H13NO4/c1-6(2)7(10)12-4-3-5-13-8(9)11/h1,3-5H2,2H3,(H2,9,11). The highest BCUT2D eigenvalue weighted by Crippen LogP contribution is 1.93. The maximum absolute atomic E-state index is 10.8. The summed E-state index contributed by atoms with van der Waals surface area (Å²) >= 11 is 0. The van der Waals surface area contributed by atoms with Crippen molar-refractivity contribution in [3.05, 3.63) is 12.2 Å². The third kappa shape index (κ3) is 6.86. The van der Waals surface area contributed by atoms with E-state index in [9.17, 15) is 9.59 Å². The van der Waals surface area contributed by atoms with Gasteiger partial charge in [0.25, 0.3) is 0 Å². The lowest BCUT2D eigenvalue weighted by atomic mass is 10.4. The van der Waals surface area contributed by atoms with E-state index in [-0.39, 0.29) is 13.2 Å². The lowest BCUT2D eigenvalue weighted by Crippen LogP contribution is -2.15. The van der Waals surface area contributed by atoms with E-state index in [1.807, 2.05) is 0 Å². The molecule has 1 amide bonds. The van der Waals surface area contributed by atoms with Gasteiger partial charge in [-0.05, 0) is 6.92 Å². The van der Waals surface area contributed by atoms with Crippen LogP contribution in [0.4, 0.5) is 4.79 Å². The molecule has 0 aromatic rings. The van der Waals surface area contributed by atoms with E-state index in [1.165, 1.54) is 0 Å². The monoisotopic (exact) mass is 187 g/mol. The first-order chi connectivity index (χ1) is 6.04. The maximum Gasteiger partial charge on any atom is 0.404 e. The second-order valence-electron chi connectivity index (χ2n) is 2.44. The Kier molecular flexibility index (Phi) is 5.34. The Morgan fingerprint density at radius 3 is 2.31 bits per heavy atom. The molecule has 0 rings (SSSR count). The number of amides is 1. The van der Waals surface area contributed by atoms with E-state index in [0.717, 1.165) is 0 Å². The second kappa shape index (κ2) is 6.05. The summed E-state index contributed by atoms with van der Waals surface area (Å²) in [5, 5.41) is 0. The smallest absolute Gasteiger partial charge is 0.404 e. The van der Waals surface area contributed by atoms with Crippen LogP contribution in [0.1, 0.15) is 13.3 Å². The number of ether oxygens (including phenoxy) is 2. The topological polar surface area (TPSA) is 78.6 Å². The van der Waals surface area contributed by atoms with Gasteiger partial charge in [-0.3, -0.25) is 0 Å². The SMILES string of the molecule is C=C(C)C(=O)OCCCOC(N)=O. The molecular formula is C8H13NO4. The van der Waals surface area contributed by atoms with Crippen LogP contribution in [-0.4, -0.2) is 25.3 Å². The fourth-order valence-electron chi connectivity index (χ4n) is 0.520. The molecule has 0 aliphatic rings. The lowest BCUT2D eigenvalue weighted by Gasteiger charge is -2.03. The number of primary amides is 1. The highest BCUT2D eigenvalue weighted by molar-refractivity contribution is 5.86. The Balaban J connectivity index is 3.31. The van der Waals surface area contributed by atoms with Crippen molar-refractivity contribution in [2.24, 2.45) is 5.73 Å². The second-order valence-corrected chi connectivity index (χ2v) is 2.44. The average molecular weight is 187 g/mol. The van der Waals surface area contributed by atoms with Crippen molar-refractivity contribution >= 4 is 12.1 Å². The number of carbonyl (C=O) groups is 2. The Morgan fingerprint density at radius 1 is 1.31 bits per heavy atom. The molecule has 74 valence electrons. The first kappa shape index (κ1) is 11.5.